The second-order valence-corrected chi connectivity index (χ2v) is 9.39. The van der Waals surface area contributed by atoms with Gasteiger partial charge in [0.2, 0.25) is 0 Å². The van der Waals surface area contributed by atoms with Crippen LogP contribution in [-0.4, -0.2) is 18.8 Å². The van der Waals surface area contributed by atoms with Gasteiger partial charge in [0.15, 0.2) is 11.5 Å². The molecule has 0 amide bonds. The summed E-state index contributed by atoms with van der Waals surface area (Å²) in [4.78, 5) is 0. The van der Waals surface area contributed by atoms with Crippen LogP contribution < -0.4 is 4.18 Å². The fourth-order valence-corrected chi connectivity index (χ4v) is 4.82. The van der Waals surface area contributed by atoms with Crippen LogP contribution in [0.4, 0.5) is 0 Å². The molecule has 0 saturated heterocycles. The standard InChI is InChI=1S/C22H38O4S/c1-4-6-7-8-9-10-11-12-13-15-20(14-5-2)27(24,25)26-22-18-19(3)16-17-21(22)23/h16-18,20,23H,4-15H2,1-3H3. The molecule has 1 rings (SSSR count). The summed E-state index contributed by atoms with van der Waals surface area (Å²) in [6.45, 7) is 6.05. The Hall–Kier alpha value is -1.23. The topological polar surface area (TPSA) is 63.6 Å². The van der Waals surface area contributed by atoms with Gasteiger partial charge in [-0.2, -0.15) is 8.42 Å². The van der Waals surface area contributed by atoms with Crippen molar-refractivity contribution in [3.05, 3.63) is 23.8 Å². The lowest BCUT2D eigenvalue weighted by atomic mass is 10.0. The SMILES string of the molecule is CCCCCCCCCCCC(CCC)S(=O)(=O)Oc1cc(C)ccc1O. The number of aromatic hydroxyl groups is 1. The van der Waals surface area contributed by atoms with Gasteiger partial charge in [-0.1, -0.05) is 84.1 Å². The van der Waals surface area contributed by atoms with Crippen molar-refractivity contribution in [3.63, 3.8) is 0 Å². The number of phenolic OH excluding ortho intramolecular Hbond substituents is 1. The van der Waals surface area contributed by atoms with Gasteiger partial charge in [-0.15, -0.1) is 0 Å². The molecule has 0 aliphatic rings. The molecule has 5 heteroatoms. The molecule has 0 aliphatic heterocycles. The molecule has 156 valence electrons. The van der Waals surface area contributed by atoms with E-state index in [1.165, 1.54) is 51.0 Å². The molecule has 0 spiro atoms. The van der Waals surface area contributed by atoms with Crippen molar-refractivity contribution in [1.82, 2.24) is 0 Å². The van der Waals surface area contributed by atoms with Crippen molar-refractivity contribution < 1.29 is 17.7 Å². The van der Waals surface area contributed by atoms with E-state index in [1.807, 2.05) is 13.8 Å². The van der Waals surface area contributed by atoms with E-state index >= 15 is 0 Å². The molecule has 1 atom stereocenters. The Bertz CT molecular complexity index is 625. The van der Waals surface area contributed by atoms with Gasteiger partial charge < -0.3 is 9.29 Å². The molecule has 0 bridgehead atoms. The quantitative estimate of drug-likeness (QED) is 0.270. The highest BCUT2D eigenvalue weighted by Crippen LogP contribution is 2.30. The van der Waals surface area contributed by atoms with E-state index in [0.717, 1.165) is 24.8 Å². The van der Waals surface area contributed by atoms with Crippen molar-refractivity contribution in [1.29, 1.82) is 0 Å². The third-order valence-corrected chi connectivity index (χ3v) is 6.67. The van der Waals surface area contributed by atoms with E-state index in [1.54, 1.807) is 12.1 Å². The van der Waals surface area contributed by atoms with E-state index in [9.17, 15) is 13.5 Å². The summed E-state index contributed by atoms with van der Waals surface area (Å²) in [7, 11) is -3.74. The van der Waals surface area contributed by atoms with Crippen LogP contribution in [0.2, 0.25) is 0 Å². The lowest BCUT2D eigenvalue weighted by Gasteiger charge is -2.18. The number of rotatable bonds is 15. The van der Waals surface area contributed by atoms with Crippen molar-refractivity contribution in [2.75, 3.05) is 0 Å². The van der Waals surface area contributed by atoms with Gasteiger partial charge in [0.1, 0.15) is 0 Å². The van der Waals surface area contributed by atoms with E-state index in [4.69, 9.17) is 4.18 Å². The first kappa shape index (κ1) is 23.8. The summed E-state index contributed by atoms with van der Waals surface area (Å²) in [5, 5.41) is 9.36. The largest absolute Gasteiger partial charge is 0.504 e. The summed E-state index contributed by atoms with van der Waals surface area (Å²) in [6, 6.07) is 4.75. The van der Waals surface area contributed by atoms with E-state index in [0.29, 0.717) is 12.8 Å². The fraction of sp³-hybridized carbons (Fsp3) is 0.727. The van der Waals surface area contributed by atoms with Gasteiger partial charge in [-0.05, 0) is 37.5 Å². The summed E-state index contributed by atoms with van der Waals surface area (Å²) in [6.07, 6.45) is 12.9. The first-order valence-corrected chi connectivity index (χ1v) is 12.1. The van der Waals surface area contributed by atoms with E-state index < -0.39 is 15.4 Å². The summed E-state index contributed by atoms with van der Waals surface area (Å²) in [5.41, 5.74) is 0.851. The minimum Gasteiger partial charge on any atom is -0.504 e. The zero-order valence-electron chi connectivity index (χ0n) is 17.4. The number of benzene rings is 1. The van der Waals surface area contributed by atoms with Crippen LogP contribution in [0.5, 0.6) is 11.5 Å². The maximum atomic E-state index is 12.7. The molecule has 0 aliphatic carbocycles. The molecule has 1 aromatic carbocycles. The van der Waals surface area contributed by atoms with E-state index in [-0.39, 0.29) is 11.5 Å². The molecule has 27 heavy (non-hydrogen) atoms. The Morgan fingerprint density at radius 3 is 2.07 bits per heavy atom. The lowest BCUT2D eigenvalue weighted by molar-refractivity contribution is 0.416. The first-order valence-electron chi connectivity index (χ1n) is 10.6. The van der Waals surface area contributed by atoms with Crippen LogP contribution in [0.1, 0.15) is 96.5 Å². The van der Waals surface area contributed by atoms with Crippen LogP contribution in [-0.2, 0) is 10.1 Å². The second kappa shape index (κ2) is 13.0. The Kier molecular flexibility index (Phi) is 11.5. The molecule has 4 nitrogen and oxygen atoms in total. The third kappa shape index (κ3) is 9.50. The molecule has 1 aromatic rings. The number of unbranched alkanes of at least 4 members (excludes halogenated alkanes) is 8. The molecule has 0 aromatic heterocycles. The van der Waals surface area contributed by atoms with Crippen LogP contribution >= 0.6 is 0 Å². The Labute approximate surface area is 166 Å². The normalized spacial score (nSPS) is 12.9. The smallest absolute Gasteiger partial charge is 0.312 e. The van der Waals surface area contributed by atoms with Crippen molar-refractivity contribution in [2.24, 2.45) is 0 Å². The van der Waals surface area contributed by atoms with Gasteiger partial charge in [-0.3, -0.25) is 0 Å². The van der Waals surface area contributed by atoms with Crippen LogP contribution in [0, 0.1) is 6.92 Å². The molecular formula is C22H38O4S. The summed E-state index contributed by atoms with van der Waals surface area (Å²) < 4.78 is 30.7. The number of phenols is 1. The zero-order chi connectivity index (χ0) is 20.1. The van der Waals surface area contributed by atoms with E-state index in [2.05, 4.69) is 6.92 Å². The first-order chi connectivity index (χ1) is 12.9. The van der Waals surface area contributed by atoms with Gasteiger partial charge >= 0.3 is 10.1 Å². The average molecular weight is 399 g/mol. The van der Waals surface area contributed by atoms with Crippen molar-refractivity contribution in [2.45, 2.75) is 103 Å². The monoisotopic (exact) mass is 398 g/mol. The van der Waals surface area contributed by atoms with Crippen LogP contribution in [0.15, 0.2) is 18.2 Å². The lowest BCUT2D eigenvalue weighted by Crippen LogP contribution is -2.26. The third-order valence-electron chi connectivity index (χ3n) is 4.97. The number of hydrogen-bond donors (Lipinski definition) is 1. The highest BCUT2D eigenvalue weighted by molar-refractivity contribution is 7.87. The minimum atomic E-state index is -3.74. The van der Waals surface area contributed by atoms with Gasteiger partial charge in [-0.25, -0.2) is 0 Å². The maximum Gasteiger partial charge on any atom is 0.312 e. The van der Waals surface area contributed by atoms with Gasteiger partial charge in [0.25, 0.3) is 0 Å². The Morgan fingerprint density at radius 2 is 1.48 bits per heavy atom. The number of hydrogen-bond acceptors (Lipinski definition) is 4. The predicted molar refractivity (Wildman–Crippen MR) is 113 cm³/mol. The van der Waals surface area contributed by atoms with Gasteiger partial charge in [0, 0.05) is 0 Å². The highest BCUT2D eigenvalue weighted by atomic mass is 32.2. The molecule has 0 heterocycles. The predicted octanol–water partition coefficient (Wildman–Crippen LogP) is 6.50. The summed E-state index contributed by atoms with van der Waals surface area (Å²) >= 11 is 0. The molecular weight excluding hydrogens is 360 g/mol. The Balaban J connectivity index is 2.45. The molecule has 0 fully saturated rings. The van der Waals surface area contributed by atoms with Crippen LogP contribution in [0.25, 0.3) is 0 Å². The average Bonchev–Trinajstić information content (AvgIpc) is 2.62. The van der Waals surface area contributed by atoms with Crippen LogP contribution in [0.3, 0.4) is 0 Å². The van der Waals surface area contributed by atoms with Crippen molar-refractivity contribution >= 4 is 10.1 Å². The molecule has 1 N–H and O–H groups in total. The highest BCUT2D eigenvalue weighted by Gasteiger charge is 2.27. The maximum absolute atomic E-state index is 12.7. The zero-order valence-corrected chi connectivity index (χ0v) is 18.2. The molecule has 0 radical (unpaired) electrons. The van der Waals surface area contributed by atoms with Gasteiger partial charge in [0.05, 0.1) is 5.25 Å². The fourth-order valence-electron chi connectivity index (χ4n) is 3.32. The molecule has 1 unspecified atom stereocenters. The van der Waals surface area contributed by atoms with Crippen molar-refractivity contribution in [3.8, 4) is 11.5 Å². The second-order valence-electron chi connectivity index (χ2n) is 7.58. The Morgan fingerprint density at radius 1 is 0.889 bits per heavy atom. The summed E-state index contributed by atoms with van der Waals surface area (Å²) in [5.74, 6) is -0.106. The number of aryl methyl sites for hydroxylation is 1. The molecule has 0 saturated carbocycles. The minimum absolute atomic E-state index is 0.0307.